The summed E-state index contributed by atoms with van der Waals surface area (Å²) in [6.07, 6.45) is 2.25. The summed E-state index contributed by atoms with van der Waals surface area (Å²) in [5, 5.41) is 16.2. The first-order valence-electron chi connectivity index (χ1n) is 3.36. The molecule has 0 saturated heterocycles. The van der Waals surface area contributed by atoms with Crippen LogP contribution in [0.15, 0.2) is 36.4 Å². The van der Waals surface area contributed by atoms with Crippen LogP contribution in [0.3, 0.4) is 0 Å². The molecule has 0 unspecified atom stereocenters. The van der Waals surface area contributed by atoms with Gasteiger partial charge in [0.05, 0.1) is 0 Å². The minimum absolute atomic E-state index is 0.750. The van der Waals surface area contributed by atoms with Gasteiger partial charge < -0.3 is 0 Å². The van der Waals surface area contributed by atoms with E-state index in [0.29, 0.717) is 0 Å². The molecule has 0 atom stereocenters. The van der Waals surface area contributed by atoms with Crippen LogP contribution in [-0.4, -0.2) is 18.2 Å². The van der Waals surface area contributed by atoms with Crippen molar-refractivity contribution < 1.29 is 14.4 Å². The Labute approximate surface area is 86.1 Å². The van der Waals surface area contributed by atoms with Gasteiger partial charge in [0.2, 0.25) is 18.2 Å². The van der Waals surface area contributed by atoms with Crippen molar-refractivity contribution >= 4 is 18.2 Å². The van der Waals surface area contributed by atoms with Crippen LogP contribution in [0.1, 0.15) is 0 Å². The molecule has 6 nitrogen and oxygen atoms in total. The average molecular weight is 207 g/mol. The van der Waals surface area contributed by atoms with Gasteiger partial charge in [-0.2, -0.15) is 0 Å². The number of carbonyl (C=O) groups excluding carboxylic acids is 3. The average Bonchev–Trinajstić information content (AvgIpc) is 2.24. The van der Waals surface area contributed by atoms with Crippen LogP contribution in [0.2, 0.25) is 0 Å². The van der Waals surface area contributed by atoms with Crippen molar-refractivity contribution in [3.05, 3.63) is 36.4 Å². The van der Waals surface area contributed by atoms with E-state index in [9.17, 15) is 0 Å². The second kappa shape index (κ2) is 30.1. The van der Waals surface area contributed by atoms with Gasteiger partial charge in [-0.05, 0) is 0 Å². The molecule has 0 radical (unpaired) electrons. The van der Waals surface area contributed by atoms with E-state index in [1.54, 1.807) is 0 Å². The Morgan fingerprint density at radius 2 is 0.600 bits per heavy atom. The SMILES string of the molecule is N=C=O.N=C=O.N=C=O.c1ccccc1. The first-order valence-corrected chi connectivity index (χ1v) is 3.36. The van der Waals surface area contributed by atoms with Crippen molar-refractivity contribution in [2.24, 2.45) is 0 Å². The molecule has 1 aromatic carbocycles. The minimum atomic E-state index is 0.750. The Hall–Kier alpha value is -2.64. The summed E-state index contributed by atoms with van der Waals surface area (Å²) in [7, 11) is 0. The molecule has 1 rings (SSSR count). The van der Waals surface area contributed by atoms with E-state index in [-0.39, 0.29) is 0 Å². The molecule has 0 aliphatic rings. The van der Waals surface area contributed by atoms with Gasteiger partial charge in [-0.3, -0.25) is 0 Å². The van der Waals surface area contributed by atoms with E-state index >= 15 is 0 Å². The van der Waals surface area contributed by atoms with Crippen molar-refractivity contribution in [3.8, 4) is 0 Å². The molecule has 0 spiro atoms. The Morgan fingerprint density at radius 3 is 0.667 bits per heavy atom. The highest BCUT2D eigenvalue weighted by molar-refractivity contribution is 5.26. The van der Waals surface area contributed by atoms with Crippen molar-refractivity contribution in [1.29, 1.82) is 16.2 Å². The van der Waals surface area contributed by atoms with Crippen LogP contribution in [0.4, 0.5) is 0 Å². The van der Waals surface area contributed by atoms with Crippen LogP contribution in [0, 0.1) is 16.2 Å². The summed E-state index contributed by atoms with van der Waals surface area (Å²) >= 11 is 0. The summed E-state index contributed by atoms with van der Waals surface area (Å²) in [5.74, 6) is 0. The van der Waals surface area contributed by atoms with E-state index in [0.717, 1.165) is 18.2 Å². The molecule has 0 amide bonds. The van der Waals surface area contributed by atoms with Crippen LogP contribution in [-0.2, 0) is 14.4 Å². The van der Waals surface area contributed by atoms with Gasteiger partial charge >= 0.3 is 0 Å². The predicted octanol–water partition coefficient (Wildman–Crippen LogP) is 1.39. The van der Waals surface area contributed by atoms with Crippen molar-refractivity contribution in [1.82, 2.24) is 0 Å². The summed E-state index contributed by atoms with van der Waals surface area (Å²) in [6, 6.07) is 12.0. The molecule has 78 valence electrons. The maximum atomic E-state index is 8.35. The number of isocyanates is 3. The van der Waals surface area contributed by atoms with Crippen LogP contribution in [0.25, 0.3) is 0 Å². The summed E-state index contributed by atoms with van der Waals surface area (Å²) in [4.78, 5) is 25.0. The highest BCUT2D eigenvalue weighted by Gasteiger charge is 1.57. The third-order valence-electron chi connectivity index (χ3n) is 0.667. The second-order valence-electron chi connectivity index (χ2n) is 1.46. The largest absolute Gasteiger partial charge is 0.231 e. The summed E-state index contributed by atoms with van der Waals surface area (Å²) < 4.78 is 0. The molecule has 3 N–H and O–H groups in total. The van der Waals surface area contributed by atoms with E-state index in [1.165, 1.54) is 0 Å². The molecule has 0 heterocycles. The lowest BCUT2D eigenvalue weighted by Crippen LogP contribution is -1.47. The number of benzene rings is 1. The Balaban J connectivity index is -0.000000140. The van der Waals surface area contributed by atoms with E-state index < -0.39 is 0 Å². The lowest BCUT2D eigenvalue weighted by Gasteiger charge is -1.69. The number of nitrogens with one attached hydrogen (secondary N) is 3. The number of rotatable bonds is 0. The standard InChI is InChI=1S/C6H6.3CHNO/c1-2-4-6-5-3-1;3*2-1-3/h1-6H;3*2H. The fourth-order valence-corrected chi connectivity index (χ4v) is 0.385. The van der Waals surface area contributed by atoms with Gasteiger partial charge in [0.1, 0.15) is 0 Å². The molecule has 0 aliphatic heterocycles. The fraction of sp³-hybridized carbons (Fsp3) is 0. The maximum absolute atomic E-state index is 8.35. The maximum Gasteiger partial charge on any atom is 0.231 e. The summed E-state index contributed by atoms with van der Waals surface area (Å²) in [5.41, 5.74) is 0. The third-order valence-corrected chi connectivity index (χ3v) is 0.667. The second-order valence-corrected chi connectivity index (χ2v) is 1.46. The van der Waals surface area contributed by atoms with Gasteiger partial charge in [-0.15, -0.1) is 0 Å². The van der Waals surface area contributed by atoms with E-state index in [4.69, 9.17) is 30.6 Å². The Bertz CT molecular complexity index is 251. The molecule has 0 aromatic heterocycles. The molecule has 0 fully saturated rings. The normalized spacial score (nSPS) is 4.80. The zero-order valence-electron chi connectivity index (χ0n) is 7.69. The van der Waals surface area contributed by atoms with E-state index in [2.05, 4.69) is 0 Å². The highest BCUT2D eigenvalue weighted by Crippen LogP contribution is 1.79. The smallest absolute Gasteiger partial charge is 0.222 e. The van der Waals surface area contributed by atoms with Gasteiger partial charge in [0.15, 0.2) is 0 Å². The topological polar surface area (TPSA) is 123 Å². The van der Waals surface area contributed by atoms with Gasteiger partial charge in [-0.25, -0.2) is 30.6 Å². The van der Waals surface area contributed by atoms with Crippen LogP contribution in [0.5, 0.6) is 0 Å². The number of hydrogen-bond acceptors (Lipinski definition) is 6. The molecule has 15 heavy (non-hydrogen) atoms. The van der Waals surface area contributed by atoms with Crippen molar-refractivity contribution in [2.45, 2.75) is 0 Å². The molecular formula is C9H9N3O3. The zero-order chi connectivity index (χ0) is 12.4. The van der Waals surface area contributed by atoms with Gasteiger partial charge in [0, 0.05) is 0 Å². The zero-order valence-corrected chi connectivity index (χ0v) is 7.69. The molecule has 1 aromatic rings. The molecule has 0 aliphatic carbocycles. The van der Waals surface area contributed by atoms with Gasteiger partial charge in [-0.1, -0.05) is 36.4 Å². The van der Waals surface area contributed by atoms with Crippen molar-refractivity contribution in [2.75, 3.05) is 0 Å². The molecule has 6 heteroatoms. The van der Waals surface area contributed by atoms with Crippen LogP contribution >= 0.6 is 0 Å². The fourth-order valence-electron chi connectivity index (χ4n) is 0.385. The Morgan fingerprint density at radius 1 is 0.533 bits per heavy atom. The first-order chi connectivity index (χ1) is 7.24. The number of hydrogen-bond donors (Lipinski definition) is 3. The molecule has 0 bridgehead atoms. The monoisotopic (exact) mass is 207 g/mol. The summed E-state index contributed by atoms with van der Waals surface area (Å²) in [6.45, 7) is 0. The highest BCUT2D eigenvalue weighted by atomic mass is 16.1. The molecule has 0 saturated carbocycles. The van der Waals surface area contributed by atoms with E-state index in [1.807, 2.05) is 36.4 Å². The van der Waals surface area contributed by atoms with Gasteiger partial charge in [0.25, 0.3) is 0 Å². The third kappa shape index (κ3) is 88.2. The van der Waals surface area contributed by atoms with Crippen molar-refractivity contribution in [3.63, 3.8) is 0 Å². The Kier molecular flexibility index (Phi) is 36.6. The predicted molar refractivity (Wildman–Crippen MR) is 51.7 cm³/mol. The lowest BCUT2D eigenvalue weighted by atomic mass is 10.4. The lowest BCUT2D eigenvalue weighted by molar-refractivity contribution is 0.562. The minimum Gasteiger partial charge on any atom is -0.222 e. The van der Waals surface area contributed by atoms with Crippen LogP contribution < -0.4 is 0 Å². The molecular weight excluding hydrogens is 198 g/mol. The quantitative estimate of drug-likeness (QED) is 0.439. The first kappa shape index (κ1) is 18.2.